The summed E-state index contributed by atoms with van der Waals surface area (Å²) < 4.78 is 3.65. The van der Waals surface area contributed by atoms with Crippen LogP contribution in [-0.4, -0.2) is 31.1 Å². The van der Waals surface area contributed by atoms with Crippen molar-refractivity contribution in [3.05, 3.63) is 69.5 Å². The van der Waals surface area contributed by atoms with Gasteiger partial charge in [0.2, 0.25) is 5.78 Å². The SMILES string of the molecule is Cc1ccc(CSc2nnc3n(CC(C)C)c(=O)c4ccc(C(=O)NC5CCCCC5)cc4n23)cc1. The van der Waals surface area contributed by atoms with E-state index >= 15 is 0 Å². The van der Waals surface area contributed by atoms with Crippen LogP contribution in [0.3, 0.4) is 0 Å². The average Bonchev–Trinajstić information content (AvgIpc) is 3.30. The number of rotatable bonds is 7. The van der Waals surface area contributed by atoms with Gasteiger partial charge in [-0.05, 0) is 49.4 Å². The zero-order valence-corrected chi connectivity index (χ0v) is 22.0. The molecule has 36 heavy (non-hydrogen) atoms. The second-order valence-corrected chi connectivity index (χ2v) is 11.2. The second kappa shape index (κ2) is 10.5. The number of amides is 1. The third kappa shape index (κ3) is 5.05. The van der Waals surface area contributed by atoms with Gasteiger partial charge in [-0.15, -0.1) is 10.2 Å². The molecule has 2 heterocycles. The van der Waals surface area contributed by atoms with E-state index in [-0.39, 0.29) is 23.4 Å². The first kappa shape index (κ1) is 24.6. The van der Waals surface area contributed by atoms with Gasteiger partial charge < -0.3 is 5.32 Å². The van der Waals surface area contributed by atoms with Crippen molar-refractivity contribution in [2.24, 2.45) is 5.92 Å². The Hall–Kier alpha value is -3.13. The molecule has 7 nitrogen and oxygen atoms in total. The molecule has 1 aliphatic rings. The molecule has 1 amide bonds. The molecule has 0 saturated heterocycles. The fourth-order valence-electron chi connectivity index (χ4n) is 4.89. The molecule has 5 rings (SSSR count). The number of nitrogens with one attached hydrogen (secondary N) is 1. The predicted molar refractivity (Wildman–Crippen MR) is 145 cm³/mol. The van der Waals surface area contributed by atoms with Gasteiger partial charge in [-0.1, -0.05) is 74.7 Å². The molecule has 0 atom stereocenters. The molecule has 1 aliphatic carbocycles. The Balaban J connectivity index is 1.57. The summed E-state index contributed by atoms with van der Waals surface area (Å²) in [6.07, 6.45) is 5.59. The van der Waals surface area contributed by atoms with E-state index in [0.29, 0.717) is 33.9 Å². The minimum atomic E-state index is -0.104. The zero-order chi connectivity index (χ0) is 25.2. The van der Waals surface area contributed by atoms with Gasteiger partial charge in [0.1, 0.15) is 0 Å². The molecule has 1 fully saturated rings. The third-order valence-electron chi connectivity index (χ3n) is 6.81. The van der Waals surface area contributed by atoms with E-state index in [9.17, 15) is 9.59 Å². The summed E-state index contributed by atoms with van der Waals surface area (Å²) in [6.45, 7) is 6.78. The van der Waals surface area contributed by atoms with Gasteiger partial charge in [-0.25, -0.2) is 0 Å². The van der Waals surface area contributed by atoms with Crippen molar-refractivity contribution in [1.82, 2.24) is 24.5 Å². The molecule has 0 aliphatic heterocycles. The van der Waals surface area contributed by atoms with Crippen molar-refractivity contribution in [1.29, 1.82) is 0 Å². The lowest BCUT2D eigenvalue weighted by Gasteiger charge is -2.22. The van der Waals surface area contributed by atoms with Crippen molar-refractivity contribution in [2.75, 3.05) is 0 Å². The van der Waals surface area contributed by atoms with Crippen LogP contribution in [-0.2, 0) is 12.3 Å². The molecule has 1 saturated carbocycles. The first-order valence-corrected chi connectivity index (χ1v) is 13.8. The van der Waals surface area contributed by atoms with Crippen LogP contribution in [0.25, 0.3) is 16.7 Å². The van der Waals surface area contributed by atoms with Crippen LogP contribution >= 0.6 is 11.8 Å². The smallest absolute Gasteiger partial charge is 0.262 e. The Morgan fingerprint density at radius 3 is 2.56 bits per heavy atom. The molecular weight excluding hydrogens is 470 g/mol. The van der Waals surface area contributed by atoms with Crippen molar-refractivity contribution in [2.45, 2.75) is 76.4 Å². The Bertz CT molecular complexity index is 1450. The number of thioether (sulfide) groups is 1. The highest BCUT2D eigenvalue weighted by atomic mass is 32.2. The Kier molecular flexibility index (Phi) is 7.14. The van der Waals surface area contributed by atoms with Crippen molar-refractivity contribution < 1.29 is 4.79 Å². The molecule has 0 bridgehead atoms. The van der Waals surface area contributed by atoms with E-state index in [0.717, 1.165) is 31.4 Å². The summed E-state index contributed by atoms with van der Waals surface area (Å²) in [5.74, 6) is 1.42. The van der Waals surface area contributed by atoms with Crippen molar-refractivity contribution in [3.8, 4) is 0 Å². The number of carbonyl (C=O) groups is 1. The number of hydrogen-bond donors (Lipinski definition) is 1. The monoisotopic (exact) mass is 503 g/mol. The number of benzene rings is 2. The normalized spacial score (nSPS) is 14.7. The standard InChI is InChI=1S/C28H33N5O2S/c1-18(2)16-32-26(35)23-14-13-21(25(34)29-22-7-5-4-6-8-22)15-24(23)33-27(32)30-31-28(33)36-17-20-11-9-19(3)10-12-20/h9-15,18,22H,4-8,16-17H2,1-3H3,(H,29,34). The number of fused-ring (bicyclic) bond motifs is 3. The molecule has 1 N–H and O–H groups in total. The quantitative estimate of drug-likeness (QED) is 0.343. The summed E-state index contributed by atoms with van der Waals surface area (Å²) in [4.78, 5) is 26.6. The van der Waals surface area contributed by atoms with Crippen LogP contribution in [0.1, 0.15) is 67.4 Å². The van der Waals surface area contributed by atoms with Crippen molar-refractivity contribution in [3.63, 3.8) is 0 Å². The molecule has 0 spiro atoms. The fourth-order valence-corrected chi connectivity index (χ4v) is 5.79. The van der Waals surface area contributed by atoms with Crippen LogP contribution in [0.2, 0.25) is 0 Å². The summed E-state index contributed by atoms with van der Waals surface area (Å²) in [5.41, 5.74) is 3.53. The second-order valence-electron chi connectivity index (χ2n) is 10.2. The van der Waals surface area contributed by atoms with E-state index in [1.54, 1.807) is 28.5 Å². The highest BCUT2D eigenvalue weighted by Gasteiger charge is 2.21. The van der Waals surface area contributed by atoms with Gasteiger partial charge in [0.15, 0.2) is 5.16 Å². The van der Waals surface area contributed by atoms with E-state index in [1.165, 1.54) is 17.5 Å². The molecule has 188 valence electrons. The summed E-state index contributed by atoms with van der Waals surface area (Å²) in [6, 6.07) is 14.0. The average molecular weight is 504 g/mol. The van der Waals surface area contributed by atoms with Gasteiger partial charge in [-0.2, -0.15) is 0 Å². The molecule has 0 radical (unpaired) electrons. The zero-order valence-electron chi connectivity index (χ0n) is 21.2. The van der Waals surface area contributed by atoms with Gasteiger partial charge in [0.05, 0.1) is 10.9 Å². The summed E-state index contributed by atoms with van der Waals surface area (Å²) >= 11 is 1.58. The fraction of sp³-hybridized carbons (Fsp3) is 0.429. The van der Waals surface area contributed by atoms with Gasteiger partial charge in [0, 0.05) is 23.9 Å². The molecule has 8 heteroatoms. The van der Waals surface area contributed by atoms with Crippen molar-refractivity contribution >= 4 is 34.3 Å². The largest absolute Gasteiger partial charge is 0.349 e. The molecule has 0 unspecified atom stereocenters. The Morgan fingerprint density at radius 2 is 1.83 bits per heavy atom. The third-order valence-corrected chi connectivity index (χ3v) is 7.81. The summed E-state index contributed by atoms with van der Waals surface area (Å²) in [5, 5.41) is 13.4. The lowest BCUT2D eigenvalue weighted by atomic mass is 9.95. The van der Waals surface area contributed by atoms with E-state index < -0.39 is 0 Å². The molecule has 2 aromatic heterocycles. The lowest BCUT2D eigenvalue weighted by molar-refractivity contribution is 0.0928. The van der Waals surface area contributed by atoms with E-state index in [1.807, 2.05) is 10.5 Å². The summed E-state index contributed by atoms with van der Waals surface area (Å²) in [7, 11) is 0. The van der Waals surface area contributed by atoms with Crippen LogP contribution in [0, 0.1) is 12.8 Å². The van der Waals surface area contributed by atoms with E-state index in [2.05, 4.69) is 60.6 Å². The number of hydrogen-bond acceptors (Lipinski definition) is 5. The number of aromatic nitrogens is 4. The maximum atomic E-state index is 13.5. The lowest BCUT2D eigenvalue weighted by Crippen LogP contribution is -2.36. The number of aryl methyl sites for hydroxylation is 1. The topological polar surface area (TPSA) is 81.3 Å². The minimum absolute atomic E-state index is 0.0924. The van der Waals surface area contributed by atoms with E-state index in [4.69, 9.17) is 0 Å². The highest BCUT2D eigenvalue weighted by Crippen LogP contribution is 2.26. The van der Waals surface area contributed by atoms with Crippen LogP contribution in [0.15, 0.2) is 52.4 Å². The van der Waals surface area contributed by atoms with Crippen LogP contribution in [0.4, 0.5) is 0 Å². The molecule has 4 aromatic rings. The minimum Gasteiger partial charge on any atom is -0.349 e. The first-order valence-electron chi connectivity index (χ1n) is 12.8. The van der Waals surface area contributed by atoms with Gasteiger partial charge in [-0.3, -0.25) is 18.6 Å². The van der Waals surface area contributed by atoms with Gasteiger partial charge in [0.25, 0.3) is 11.5 Å². The Labute approximate surface area is 215 Å². The van der Waals surface area contributed by atoms with Gasteiger partial charge >= 0.3 is 0 Å². The number of carbonyl (C=O) groups excluding carboxylic acids is 1. The molecule has 2 aromatic carbocycles. The predicted octanol–water partition coefficient (Wildman–Crippen LogP) is 5.36. The highest BCUT2D eigenvalue weighted by molar-refractivity contribution is 7.98. The maximum Gasteiger partial charge on any atom is 0.262 e. The Morgan fingerprint density at radius 1 is 1.08 bits per heavy atom. The molecular formula is C28H33N5O2S. The van der Waals surface area contributed by atoms with Crippen LogP contribution < -0.4 is 10.9 Å². The van der Waals surface area contributed by atoms with Crippen LogP contribution in [0.5, 0.6) is 0 Å². The first-order chi connectivity index (χ1) is 17.4. The number of nitrogens with zero attached hydrogens (tertiary/aromatic N) is 4. The maximum absolute atomic E-state index is 13.5.